The highest BCUT2D eigenvalue weighted by Gasteiger charge is 2.43. The van der Waals surface area contributed by atoms with Crippen LogP contribution >= 0.6 is 12.4 Å². The number of ether oxygens (including phenoxy) is 1. The van der Waals surface area contributed by atoms with Gasteiger partial charge in [0.2, 0.25) is 0 Å². The molecule has 0 saturated carbocycles. The lowest BCUT2D eigenvalue weighted by atomic mass is 9.87. The van der Waals surface area contributed by atoms with Crippen LogP contribution in [0.15, 0.2) is 42.1 Å². The average molecular weight is 330 g/mol. The lowest BCUT2D eigenvalue weighted by Gasteiger charge is -2.29. The molecule has 3 aliphatic rings. The van der Waals surface area contributed by atoms with Crippen molar-refractivity contribution < 1.29 is 17.9 Å². The molecule has 2 atom stereocenters. The van der Waals surface area contributed by atoms with Crippen LogP contribution in [0.2, 0.25) is 0 Å². The molecular formula is C16H15ClF3NO. The highest BCUT2D eigenvalue weighted by atomic mass is 35.5. The van der Waals surface area contributed by atoms with Crippen molar-refractivity contribution in [1.29, 1.82) is 0 Å². The van der Waals surface area contributed by atoms with E-state index >= 15 is 0 Å². The van der Waals surface area contributed by atoms with Gasteiger partial charge in [0.05, 0.1) is 18.3 Å². The van der Waals surface area contributed by atoms with Crippen molar-refractivity contribution in [3.05, 3.63) is 58.8 Å². The summed E-state index contributed by atoms with van der Waals surface area (Å²) < 4.78 is 45.0. The monoisotopic (exact) mass is 329 g/mol. The number of hydrogen-bond acceptors (Lipinski definition) is 2. The highest BCUT2D eigenvalue weighted by molar-refractivity contribution is 5.85. The Morgan fingerprint density at radius 3 is 2.59 bits per heavy atom. The van der Waals surface area contributed by atoms with Crippen LogP contribution in [0.25, 0.3) is 0 Å². The van der Waals surface area contributed by atoms with Gasteiger partial charge in [-0.15, -0.1) is 12.4 Å². The van der Waals surface area contributed by atoms with E-state index in [4.69, 9.17) is 4.74 Å². The molecule has 118 valence electrons. The van der Waals surface area contributed by atoms with Crippen molar-refractivity contribution in [2.24, 2.45) is 0 Å². The molecule has 1 aromatic carbocycles. The number of fused-ring (bicyclic) bond motifs is 3. The second kappa shape index (κ2) is 5.32. The summed E-state index contributed by atoms with van der Waals surface area (Å²) in [5, 5.41) is 0. The number of alkyl halides is 3. The maximum absolute atomic E-state index is 13.1. The van der Waals surface area contributed by atoms with Crippen LogP contribution in [0.4, 0.5) is 13.2 Å². The first-order valence-corrected chi connectivity index (χ1v) is 6.98. The molecule has 2 unspecified atom stereocenters. The van der Waals surface area contributed by atoms with Gasteiger partial charge in [-0.1, -0.05) is 18.2 Å². The van der Waals surface area contributed by atoms with E-state index in [-0.39, 0.29) is 31.0 Å². The van der Waals surface area contributed by atoms with E-state index in [0.29, 0.717) is 5.56 Å². The van der Waals surface area contributed by atoms with Crippen LogP contribution in [0, 0.1) is 0 Å². The molecular weight excluding hydrogens is 315 g/mol. The van der Waals surface area contributed by atoms with E-state index < -0.39 is 11.7 Å². The summed E-state index contributed by atoms with van der Waals surface area (Å²) in [6.07, 6.45) is 1.66. The van der Waals surface area contributed by atoms with Crippen molar-refractivity contribution in [2.75, 3.05) is 13.1 Å². The van der Waals surface area contributed by atoms with Crippen LogP contribution in [0.3, 0.4) is 0 Å². The van der Waals surface area contributed by atoms with Crippen LogP contribution in [-0.2, 0) is 17.5 Å². The minimum atomic E-state index is -4.32. The fourth-order valence-electron chi connectivity index (χ4n) is 3.41. The topological polar surface area (TPSA) is 12.5 Å². The van der Waals surface area contributed by atoms with Gasteiger partial charge in [-0.3, -0.25) is 0 Å². The molecule has 0 amide bonds. The van der Waals surface area contributed by atoms with Crippen molar-refractivity contribution in [3.63, 3.8) is 0 Å². The fraction of sp³-hybridized carbons (Fsp3) is 0.375. The highest BCUT2D eigenvalue weighted by Crippen LogP contribution is 2.43. The van der Waals surface area contributed by atoms with E-state index in [9.17, 15) is 13.2 Å². The van der Waals surface area contributed by atoms with Gasteiger partial charge >= 0.3 is 6.18 Å². The molecule has 0 bridgehead atoms. The summed E-state index contributed by atoms with van der Waals surface area (Å²) in [6.45, 7) is 1.51. The lowest BCUT2D eigenvalue weighted by Crippen LogP contribution is -2.29. The van der Waals surface area contributed by atoms with E-state index in [2.05, 4.69) is 4.90 Å². The Balaban J connectivity index is 0.00000144. The third-order valence-electron chi connectivity index (χ3n) is 4.52. The van der Waals surface area contributed by atoms with Crippen LogP contribution in [0.1, 0.15) is 22.6 Å². The molecule has 4 rings (SSSR count). The third-order valence-corrected chi connectivity index (χ3v) is 4.52. The largest absolute Gasteiger partial charge is 0.416 e. The van der Waals surface area contributed by atoms with Crippen molar-refractivity contribution in [1.82, 2.24) is 4.90 Å². The van der Waals surface area contributed by atoms with Gasteiger partial charge in [-0.05, 0) is 29.3 Å². The molecule has 0 aromatic heterocycles. The zero-order valence-electron chi connectivity index (χ0n) is 11.6. The Bertz CT molecular complexity index is 653. The summed E-state index contributed by atoms with van der Waals surface area (Å²) in [5.41, 5.74) is 1.69. The van der Waals surface area contributed by atoms with Crippen LogP contribution in [0.5, 0.6) is 0 Å². The molecule has 0 radical (unpaired) electrons. The smallest absolute Gasteiger partial charge is 0.371 e. The Morgan fingerprint density at radius 1 is 1.18 bits per heavy atom. The normalized spacial score (nSPS) is 25.8. The first kappa shape index (κ1) is 15.4. The fourth-order valence-corrected chi connectivity index (χ4v) is 3.41. The molecule has 6 heteroatoms. The predicted octanol–water partition coefficient (Wildman–Crippen LogP) is 3.88. The minimum Gasteiger partial charge on any atom is -0.371 e. The van der Waals surface area contributed by atoms with Crippen molar-refractivity contribution in [3.8, 4) is 0 Å². The lowest BCUT2D eigenvalue weighted by molar-refractivity contribution is -0.139. The standard InChI is InChI=1S/C16H14F3NO.ClH/c17-16(18,19)14-6-2-5-11-12-7-20(10-3-1-4-10)8-15(12)21-9-13(11)14;/h1-6,12,15H,7-9H2;1H. The summed E-state index contributed by atoms with van der Waals surface area (Å²) in [4.78, 5) is 2.19. The average Bonchev–Trinajstić information content (AvgIpc) is 2.78. The van der Waals surface area contributed by atoms with Gasteiger partial charge in [0.25, 0.3) is 0 Å². The van der Waals surface area contributed by atoms with Gasteiger partial charge in [-0.2, -0.15) is 13.2 Å². The summed E-state index contributed by atoms with van der Waals surface area (Å²) in [6, 6.07) is 4.47. The Morgan fingerprint density at radius 2 is 1.95 bits per heavy atom. The Hall–Kier alpha value is -1.46. The van der Waals surface area contributed by atoms with Crippen molar-refractivity contribution in [2.45, 2.75) is 24.8 Å². The van der Waals surface area contributed by atoms with E-state index in [1.54, 1.807) is 0 Å². The third kappa shape index (κ3) is 2.32. The molecule has 2 nitrogen and oxygen atoms in total. The molecule has 0 spiro atoms. The van der Waals surface area contributed by atoms with E-state index in [1.807, 2.05) is 24.3 Å². The first-order valence-electron chi connectivity index (χ1n) is 6.98. The molecule has 1 aliphatic carbocycles. The summed E-state index contributed by atoms with van der Waals surface area (Å²) in [7, 11) is 0. The number of halogens is 4. The second-order valence-corrected chi connectivity index (χ2v) is 5.68. The Labute approximate surface area is 132 Å². The summed E-state index contributed by atoms with van der Waals surface area (Å²) >= 11 is 0. The van der Waals surface area contributed by atoms with Crippen LogP contribution < -0.4 is 0 Å². The van der Waals surface area contributed by atoms with Gasteiger partial charge in [0, 0.05) is 24.7 Å². The number of hydrogen-bond donors (Lipinski definition) is 0. The molecule has 22 heavy (non-hydrogen) atoms. The maximum atomic E-state index is 13.1. The van der Waals surface area contributed by atoms with Crippen LogP contribution in [-0.4, -0.2) is 24.1 Å². The molecule has 1 fully saturated rings. The Kier molecular flexibility index (Phi) is 3.73. The number of allylic oxidation sites excluding steroid dienone is 3. The molecule has 2 aliphatic heterocycles. The quantitative estimate of drug-likeness (QED) is 0.775. The molecule has 1 saturated heterocycles. The van der Waals surface area contributed by atoms with Gasteiger partial charge < -0.3 is 9.64 Å². The number of benzene rings is 1. The summed E-state index contributed by atoms with van der Waals surface area (Å²) in [5.74, 6) is 0.0194. The number of likely N-dealkylation sites (tertiary alicyclic amines) is 1. The number of rotatable bonds is 1. The van der Waals surface area contributed by atoms with Gasteiger partial charge in [-0.25, -0.2) is 0 Å². The molecule has 2 heterocycles. The SMILES string of the molecule is Cl.FC(F)(F)c1cccc2c1COC1CN(C3=CC=C3)CC21. The molecule has 1 aromatic rings. The second-order valence-electron chi connectivity index (χ2n) is 5.68. The van der Waals surface area contributed by atoms with E-state index in [0.717, 1.165) is 30.4 Å². The maximum Gasteiger partial charge on any atom is 0.416 e. The first-order chi connectivity index (χ1) is 10.0. The predicted molar refractivity (Wildman–Crippen MR) is 78.8 cm³/mol. The zero-order valence-corrected chi connectivity index (χ0v) is 12.5. The number of nitrogens with zero attached hydrogens (tertiary/aromatic N) is 1. The van der Waals surface area contributed by atoms with Gasteiger partial charge in [0.15, 0.2) is 0 Å². The minimum absolute atomic E-state index is 0. The van der Waals surface area contributed by atoms with Crippen molar-refractivity contribution >= 4 is 12.4 Å². The molecule has 0 N–H and O–H groups in total. The van der Waals surface area contributed by atoms with E-state index in [1.165, 1.54) is 6.07 Å². The van der Waals surface area contributed by atoms with Gasteiger partial charge in [0.1, 0.15) is 0 Å². The zero-order chi connectivity index (χ0) is 14.6.